The first-order chi connectivity index (χ1) is 9.29. The van der Waals surface area contributed by atoms with Gasteiger partial charge in [0.1, 0.15) is 12.9 Å². The SMILES string of the molecule is CCNC(=NCc1nncn1C)NCC1CCCS1.I. The summed E-state index contributed by atoms with van der Waals surface area (Å²) in [5.74, 6) is 3.02. The number of nitrogens with zero attached hydrogens (tertiary/aromatic N) is 4. The summed E-state index contributed by atoms with van der Waals surface area (Å²) in [7, 11) is 1.93. The predicted molar refractivity (Wildman–Crippen MR) is 94.7 cm³/mol. The molecule has 1 aliphatic heterocycles. The second-order valence-electron chi connectivity index (χ2n) is 4.57. The predicted octanol–water partition coefficient (Wildman–Crippen LogP) is 1.38. The van der Waals surface area contributed by atoms with Crippen LogP contribution in [-0.4, -0.2) is 44.8 Å². The van der Waals surface area contributed by atoms with Crippen molar-refractivity contribution in [2.45, 2.75) is 31.6 Å². The van der Waals surface area contributed by atoms with Gasteiger partial charge in [0.05, 0.1) is 0 Å². The number of rotatable bonds is 5. The summed E-state index contributed by atoms with van der Waals surface area (Å²) >= 11 is 2.05. The Hall–Kier alpha value is -0.510. The summed E-state index contributed by atoms with van der Waals surface area (Å²) < 4.78 is 1.89. The fourth-order valence-electron chi connectivity index (χ4n) is 1.96. The number of guanidine groups is 1. The van der Waals surface area contributed by atoms with E-state index in [1.165, 1.54) is 18.6 Å². The van der Waals surface area contributed by atoms with E-state index in [0.29, 0.717) is 6.54 Å². The third-order valence-electron chi connectivity index (χ3n) is 3.05. The molecule has 1 aromatic rings. The Labute approximate surface area is 141 Å². The van der Waals surface area contributed by atoms with Crippen molar-refractivity contribution in [3.8, 4) is 0 Å². The quantitative estimate of drug-likeness (QED) is 0.436. The molecule has 114 valence electrons. The lowest BCUT2D eigenvalue weighted by molar-refractivity contribution is 0.721. The Bertz CT molecular complexity index is 416. The van der Waals surface area contributed by atoms with E-state index >= 15 is 0 Å². The molecule has 2 rings (SSSR count). The topological polar surface area (TPSA) is 67.1 Å². The molecule has 0 saturated carbocycles. The van der Waals surface area contributed by atoms with Crippen LogP contribution >= 0.6 is 35.7 Å². The third kappa shape index (κ3) is 5.47. The molecule has 8 heteroatoms. The van der Waals surface area contributed by atoms with Crippen LogP contribution in [0.3, 0.4) is 0 Å². The zero-order valence-electron chi connectivity index (χ0n) is 12.0. The fourth-order valence-corrected chi connectivity index (χ4v) is 3.16. The molecule has 1 aliphatic rings. The average molecular weight is 410 g/mol. The van der Waals surface area contributed by atoms with Gasteiger partial charge in [0, 0.05) is 25.4 Å². The summed E-state index contributed by atoms with van der Waals surface area (Å²) in [5.41, 5.74) is 0. The first-order valence-electron chi connectivity index (χ1n) is 6.76. The zero-order chi connectivity index (χ0) is 13.5. The van der Waals surface area contributed by atoms with Crippen LogP contribution in [0.5, 0.6) is 0 Å². The van der Waals surface area contributed by atoms with Crippen LogP contribution in [0.15, 0.2) is 11.3 Å². The maximum absolute atomic E-state index is 4.54. The number of nitrogens with one attached hydrogen (secondary N) is 2. The van der Waals surface area contributed by atoms with E-state index in [9.17, 15) is 0 Å². The van der Waals surface area contributed by atoms with E-state index in [1.807, 2.05) is 23.4 Å². The number of aliphatic imine (C=N–C) groups is 1. The van der Waals surface area contributed by atoms with Crippen molar-refractivity contribution in [1.29, 1.82) is 0 Å². The first-order valence-corrected chi connectivity index (χ1v) is 7.81. The van der Waals surface area contributed by atoms with Crippen LogP contribution in [0.4, 0.5) is 0 Å². The Morgan fingerprint density at radius 1 is 1.55 bits per heavy atom. The molecule has 2 N–H and O–H groups in total. The fraction of sp³-hybridized carbons (Fsp3) is 0.750. The monoisotopic (exact) mass is 410 g/mol. The minimum atomic E-state index is 0. The molecule has 6 nitrogen and oxygen atoms in total. The zero-order valence-corrected chi connectivity index (χ0v) is 15.1. The molecule has 0 bridgehead atoms. The lowest BCUT2D eigenvalue weighted by Crippen LogP contribution is -2.40. The average Bonchev–Trinajstić information content (AvgIpc) is 3.04. The molecule has 0 spiro atoms. The second kappa shape index (κ2) is 9.43. The van der Waals surface area contributed by atoms with Crippen LogP contribution in [0, 0.1) is 0 Å². The van der Waals surface area contributed by atoms with Crippen molar-refractivity contribution in [2.24, 2.45) is 12.0 Å². The standard InChI is InChI=1S/C12H22N6S.HI/c1-3-13-12(14-7-10-5-4-6-19-10)15-8-11-17-16-9-18(11)2;/h9-10H,3-8H2,1-2H3,(H2,13,14,15);1H. The van der Waals surface area contributed by atoms with Gasteiger partial charge in [0.25, 0.3) is 0 Å². The molecular weight excluding hydrogens is 387 g/mol. The molecule has 0 radical (unpaired) electrons. The summed E-state index contributed by atoms with van der Waals surface area (Å²) in [4.78, 5) is 4.54. The minimum absolute atomic E-state index is 0. The lowest BCUT2D eigenvalue weighted by atomic mass is 10.2. The Morgan fingerprint density at radius 3 is 3.00 bits per heavy atom. The van der Waals surface area contributed by atoms with Crippen LogP contribution in [-0.2, 0) is 13.6 Å². The van der Waals surface area contributed by atoms with Gasteiger partial charge in [-0.15, -0.1) is 34.2 Å². The van der Waals surface area contributed by atoms with E-state index in [1.54, 1.807) is 6.33 Å². The maximum atomic E-state index is 4.54. The molecule has 2 heterocycles. The van der Waals surface area contributed by atoms with Gasteiger partial charge in [-0.05, 0) is 25.5 Å². The highest BCUT2D eigenvalue weighted by atomic mass is 127. The second-order valence-corrected chi connectivity index (χ2v) is 5.98. The van der Waals surface area contributed by atoms with Crippen molar-refractivity contribution in [1.82, 2.24) is 25.4 Å². The Kier molecular flexibility index (Phi) is 8.27. The molecule has 1 unspecified atom stereocenters. The molecule has 20 heavy (non-hydrogen) atoms. The van der Waals surface area contributed by atoms with Gasteiger partial charge in [0.15, 0.2) is 11.8 Å². The largest absolute Gasteiger partial charge is 0.357 e. The summed E-state index contributed by atoms with van der Waals surface area (Å²) in [5, 5.41) is 15.3. The van der Waals surface area contributed by atoms with E-state index in [0.717, 1.165) is 30.1 Å². The van der Waals surface area contributed by atoms with Gasteiger partial charge < -0.3 is 15.2 Å². The maximum Gasteiger partial charge on any atom is 0.191 e. The molecule has 1 fully saturated rings. The third-order valence-corrected chi connectivity index (χ3v) is 4.45. The van der Waals surface area contributed by atoms with E-state index in [4.69, 9.17) is 0 Å². The number of halogens is 1. The normalized spacial score (nSPS) is 18.7. The minimum Gasteiger partial charge on any atom is -0.357 e. The highest BCUT2D eigenvalue weighted by molar-refractivity contribution is 14.0. The number of hydrogen-bond donors (Lipinski definition) is 2. The number of hydrogen-bond acceptors (Lipinski definition) is 4. The van der Waals surface area contributed by atoms with Crippen LogP contribution < -0.4 is 10.6 Å². The lowest BCUT2D eigenvalue weighted by Gasteiger charge is -2.14. The number of aryl methyl sites for hydroxylation is 1. The van der Waals surface area contributed by atoms with Gasteiger partial charge in [-0.25, -0.2) is 4.99 Å². The molecule has 0 amide bonds. The van der Waals surface area contributed by atoms with E-state index in [2.05, 4.69) is 32.7 Å². The van der Waals surface area contributed by atoms with Gasteiger partial charge >= 0.3 is 0 Å². The van der Waals surface area contributed by atoms with Crippen molar-refractivity contribution in [3.63, 3.8) is 0 Å². The van der Waals surface area contributed by atoms with Crippen molar-refractivity contribution < 1.29 is 0 Å². The van der Waals surface area contributed by atoms with Crippen molar-refractivity contribution in [2.75, 3.05) is 18.8 Å². The van der Waals surface area contributed by atoms with Gasteiger partial charge in [0.2, 0.25) is 0 Å². The van der Waals surface area contributed by atoms with Gasteiger partial charge in [-0.3, -0.25) is 0 Å². The molecular formula is C12H23IN6S. The first kappa shape index (κ1) is 17.5. The van der Waals surface area contributed by atoms with Gasteiger partial charge in [-0.2, -0.15) is 11.8 Å². The van der Waals surface area contributed by atoms with Crippen LogP contribution in [0.1, 0.15) is 25.6 Å². The van der Waals surface area contributed by atoms with E-state index < -0.39 is 0 Å². The van der Waals surface area contributed by atoms with Crippen LogP contribution in [0.2, 0.25) is 0 Å². The summed E-state index contributed by atoms with van der Waals surface area (Å²) in [6.07, 6.45) is 4.34. The molecule has 0 aromatic carbocycles. The van der Waals surface area contributed by atoms with Crippen molar-refractivity contribution >= 4 is 41.7 Å². The number of aromatic nitrogens is 3. The summed E-state index contributed by atoms with van der Waals surface area (Å²) in [6, 6.07) is 0. The molecule has 1 saturated heterocycles. The highest BCUT2D eigenvalue weighted by Crippen LogP contribution is 2.25. The van der Waals surface area contributed by atoms with Crippen LogP contribution in [0.25, 0.3) is 0 Å². The molecule has 0 aliphatic carbocycles. The van der Waals surface area contributed by atoms with E-state index in [-0.39, 0.29) is 24.0 Å². The summed E-state index contributed by atoms with van der Waals surface area (Å²) in [6.45, 7) is 4.46. The van der Waals surface area contributed by atoms with Gasteiger partial charge in [-0.1, -0.05) is 0 Å². The smallest absolute Gasteiger partial charge is 0.191 e. The highest BCUT2D eigenvalue weighted by Gasteiger charge is 2.15. The van der Waals surface area contributed by atoms with Crippen molar-refractivity contribution in [3.05, 3.63) is 12.2 Å². The number of thioether (sulfide) groups is 1. The molecule has 1 aromatic heterocycles. The Balaban J connectivity index is 0.00000200. The molecule has 1 atom stereocenters. The Morgan fingerprint density at radius 2 is 2.40 bits per heavy atom.